The Kier molecular flexibility index (Phi) is 368000. The number of hydrogen-bond acceptors (Lipinski definition) is 0. The van der Waals surface area contributed by atoms with Crippen LogP contribution in [-0.2, 0) is 19.5 Å². The average molecular weight is 173 g/mol. The Morgan fingerprint density at radius 1 is 0.286 bits per heavy atom. The molecule has 0 rings (SSSR count). The minimum atomic E-state index is 0. The molecule has 0 saturated heterocycles. The quantitative estimate of drug-likeness (QED) is 0.317. The summed E-state index contributed by atoms with van der Waals surface area (Å²) >= 11 is 0. The molecule has 0 bridgehead atoms. The zero-order valence-electron chi connectivity index (χ0n) is 3.71. The topological polar surface area (TPSA) is 189 Å². The first-order valence-electron chi connectivity index (χ1n) is 0. The molecule has 7 heteroatoms. The van der Waals surface area contributed by atoms with E-state index in [-0.39, 0.29) is 52.3 Å². The molecule has 0 amide bonds. The molecule has 7 heavy (non-hydrogen) atoms. The van der Waals surface area contributed by atoms with Crippen LogP contribution >= 0.6 is 0 Å². The second-order valence-corrected chi connectivity index (χ2v) is 0. The van der Waals surface area contributed by atoms with E-state index in [1.165, 1.54) is 0 Å². The minimum Gasteiger partial charge on any atom is -0.412 e. The Morgan fingerprint density at radius 2 is 0.286 bits per heavy atom. The van der Waals surface area contributed by atoms with Crippen LogP contribution in [0.2, 0.25) is 0 Å². The van der Waals surface area contributed by atoms with Crippen molar-refractivity contribution in [2.45, 2.75) is 0 Å². The Balaban J connectivity index is 0. The summed E-state index contributed by atoms with van der Waals surface area (Å²) in [4.78, 5) is 0. The summed E-state index contributed by atoms with van der Waals surface area (Å²) in [6.07, 6.45) is 0. The van der Waals surface area contributed by atoms with Gasteiger partial charge in [0.25, 0.3) is 0 Å². The van der Waals surface area contributed by atoms with Crippen molar-refractivity contribution in [3.8, 4) is 0 Å². The van der Waals surface area contributed by atoms with E-state index in [4.69, 9.17) is 0 Å². The Hall–Kier alpha value is 0.383. The molecule has 0 aromatic carbocycles. The van der Waals surface area contributed by atoms with Gasteiger partial charge in [-0.3, -0.25) is 0 Å². The maximum atomic E-state index is 0. The van der Waals surface area contributed by atoms with E-state index in [1.807, 2.05) is 0 Å². The molecule has 0 saturated carbocycles. The predicted molar refractivity (Wildman–Crippen MR) is 21.7 cm³/mol. The van der Waals surface area contributed by atoms with Crippen LogP contribution in [0.15, 0.2) is 0 Å². The molecule has 0 unspecified atom stereocenters. The molecule has 0 aliphatic heterocycles. The van der Waals surface area contributed by atoms with Crippen molar-refractivity contribution in [3.63, 3.8) is 0 Å². The van der Waals surface area contributed by atoms with Gasteiger partial charge in [-0.05, 0) is 0 Å². The van der Waals surface area contributed by atoms with Crippen molar-refractivity contribution in [3.05, 3.63) is 0 Å². The summed E-state index contributed by atoms with van der Waals surface area (Å²) in [6, 6.07) is 0. The third kappa shape index (κ3) is 834. The van der Waals surface area contributed by atoms with Gasteiger partial charge in [-0.1, -0.05) is 0 Å². The van der Waals surface area contributed by atoms with Gasteiger partial charge in [0.1, 0.15) is 0 Å². The summed E-state index contributed by atoms with van der Waals surface area (Å²) in [7, 11) is 0. The van der Waals surface area contributed by atoms with Crippen molar-refractivity contribution in [2.24, 2.45) is 0 Å². The van der Waals surface area contributed by atoms with E-state index >= 15 is 0 Å². The fourth-order valence-corrected chi connectivity index (χ4v) is 0. The molecule has 0 atom stereocenters. The second-order valence-electron chi connectivity index (χ2n) is 0. The van der Waals surface area contributed by atoms with Crippen LogP contribution in [0.4, 0.5) is 0 Å². The summed E-state index contributed by atoms with van der Waals surface area (Å²) in [5, 5.41) is 0. The molecule has 0 fully saturated rings. The Morgan fingerprint density at radius 3 is 0.286 bits per heavy atom. The fraction of sp³-hybridized carbons (Fsp3) is 0. The molecule has 0 aliphatic carbocycles. The van der Waals surface area contributed by atoms with Gasteiger partial charge in [0.05, 0.1) is 0 Å². The van der Waals surface area contributed by atoms with Gasteiger partial charge in [0.15, 0.2) is 0 Å². The van der Waals surface area contributed by atoms with Gasteiger partial charge in [-0.25, -0.2) is 0 Å². The summed E-state index contributed by atoms with van der Waals surface area (Å²) < 4.78 is 0. The molecular formula is H12O6Zn. The largest absolute Gasteiger partial charge is 0.412 e. The molecule has 12 N–H and O–H groups in total. The molecule has 0 radical (unpaired) electrons. The van der Waals surface area contributed by atoms with E-state index in [0.717, 1.165) is 0 Å². The molecule has 0 aliphatic rings. The van der Waals surface area contributed by atoms with Gasteiger partial charge < -0.3 is 32.9 Å². The average Bonchev–Trinajstić information content (AvgIpc) is 0. The van der Waals surface area contributed by atoms with E-state index in [1.54, 1.807) is 0 Å². The monoisotopic (exact) mass is 172 g/mol. The fourth-order valence-electron chi connectivity index (χ4n) is 0. The van der Waals surface area contributed by atoms with Crippen molar-refractivity contribution in [1.82, 2.24) is 0 Å². The molecule has 6 nitrogen and oxygen atoms in total. The van der Waals surface area contributed by atoms with Crippen molar-refractivity contribution < 1.29 is 52.3 Å². The van der Waals surface area contributed by atoms with E-state index in [0.29, 0.717) is 0 Å². The molecule has 0 heterocycles. The van der Waals surface area contributed by atoms with E-state index in [2.05, 4.69) is 0 Å². The molecule has 0 spiro atoms. The van der Waals surface area contributed by atoms with Crippen molar-refractivity contribution in [2.75, 3.05) is 0 Å². The van der Waals surface area contributed by atoms with Gasteiger partial charge in [-0.15, -0.1) is 0 Å². The second kappa shape index (κ2) is 1260. The first-order valence-corrected chi connectivity index (χ1v) is 0. The molecule has 0 aromatic rings. The van der Waals surface area contributed by atoms with Gasteiger partial charge in [-0.2, -0.15) is 0 Å². The zero-order valence-corrected chi connectivity index (χ0v) is 6.67. The van der Waals surface area contributed by atoms with Crippen LogP contribution in [0.5, 0.6) is 0 Å². The van der Waals surface area contributed by atoms with Crippen LogP contribution < -0.4 is 0 Å². The molecule has 0 aromatic heterocycles. The first-order chi connectivity index (χ1) is 0. The number of rotatable bonds is 0. The predicted octanol–water partition coefficient (Wildman–Crippen LogP) is -4.95. The minimum absolute atomic E-state index is 0. The van der Waals surface area contributed by atoms with Crippen LogP contribution in [0.1, 0.15) is 0 Å². The third-order valence-corrected chi connectivity index (χ3v) is 0. The maximum absolute atomic E-state index is 0. The van der Waals surface area contributed by atoms with E-state index < -0.39 is 0 Å². The SMILES string of the molecule is O.O.O.O.O.O.[Zn]. The summed E-state index contributed by atoms with van der Waals surface area (Å²) in [6.45, 7) is 0. The standard InChI is InChI=1S/6H2O.Zn/h6*1H2;. The van der Waals surface area contributed by atoms with Gasteiger partial charge in [0.2, 0.25) is 0 Å². The number of hydrogen-bond donors (Lipinski definition) is 0. The van der Waals surface area contributed by atoms with Crippen LogP contribution in [-0.4, -0.2) is 32.9 Å². The smallest absolute Gasteiger partial charge is 0 e. The third-order valence-electron chi connectivity index (χ3n) is 0. The van der Waals surface area contributed by atoms with Gasteiger partial charge in [0, 0.05) is 19.5 Å². The van der Waals surface area contributed by atoms with Crippen molar-refractivity contribution >= 4 is 0 Å². The summed E-state index contributed by atoms with van der Waals surface area (Å²) in [5.74, 6) is 0. The van der Waals surface area contributed by atoms with Crippen LogP contribution in [0.25, 0.3) is 0 Å². The summed E-state index contributed by atoms with van der Waals surface area (Å²) in [5.41, 5.74) is 0. The Bertz CT molecular complexity index is 4.14. The molecule has 50 valence electrons. The van der Waals surface area contributed by atoms with Crippen molar-refractivity contribution in [1.29, 1.82) is 0 Å². The zero-order chi connectivity index (χ0) is 0. The first kappa shape index (κ1) is 2050. The van der Waals surface area contributed by atoms with E-state index in [9.17, 15) is 0 Å². The van der Waals surface area contributed by atoms with Crippen LogP contribution in [0, 0.1) is 0 Å². The Labute approximate surface area is 53.1 Å². The normalized spacial score (nSPS) is 0. The maximum Gasteiger partial charge on any atom is 0 e. The van der Waals surface area contributed by atoms with Crippen LogP contribution in [0.3, 0.4) is 0 Å². The van der Waals surface area contributed by atoms with Gasteiger partial charge >= 0.3 is 0 Å². The molecular weight excluding hydrogens is 161 g/mol.